The molecule has 0 heterocycles. The second-order valence-corrected chi connectivity index (χ2v) is 8.63. The third kappa shape index (κ3) is 8.34. The molecular weight excluding hydrogens is 549 g/mol. The number of benzene rings is 2. The molecule has 0 radical (unpaired) electrons. The zero-order valence-corrected chi connectivity index (χ0v) is 18.3. The van der Waals surface area contributed by atoms with E-state index in [0.717, 1.165) is 4.47 Å². The Kier molecular flexibility index (Phi) is 9.62. The van der Waals surface area contributed by atoms with Crippen molar-refractivity contribution < 1.29 is 40.5 Å². The van der Waals surface area contributed by atoms with Crippen LogP contribution >= 0.6 is 31.9 Å². The molecule has 2 rings (SSSR count). The molecule has 2 aromatic rings. The first-order chi connectivity index (χ1) is 13.4. The van der Waals surface area contributed by atoms with Crippen LogP contribution in [0.25, 0.3) is 0 Å². The smallest absolute Gasteiger partial charge is 0.388 e. The summed E-state index contributed by atoms with van der Waals surface area (Å²) in [7, 11) is -5.74. The fourth-order valence-electron chi connectivity index (χ4n) is 1.70. The minimum atomic E-state index is -5.74. The van der Waals surface area contributed by atoms with Gasteiger partial charge in [0.2, 0.25) is 0 Å². The molecule has 12 heteroatoms. The highest BCUT2D eigenvalue weighted by atomic mass is 79.9. The number of alkyl halides is 3. The topological polar surface area (TPSA) is 97.7 Å². The summed E-state index contributed by atoms with van der Waals surface area (Å²) < 4.78 is 61.9. The lowest BCUT2D eigenvalue weighted by atomic mass is 10.1. The van der Waals surface area contributed by atoms with E-state index in [-0.39, 0.29) is 11.3 Å². The average molecular weight is 562 g/mol. The van der Waals surface area contributed by atoms with Gasteiger partial charge in [0, 0.05) is 20.1 Å². The van der Waals surface area contributed by atoms with Gasteiger partial charge in [-0.2, -0.15) is 21.6 Å². The first-order valence-corrected chi connectivity index (χ1v) is 10.5. The molecular formula is C17H13Br2F3O6S. The highest BCUT2D eigenvalue weighted by Gasteiger charge is 2.47. The standard InChI is InChI=1S/C9H6BrF3O4S.C8H7BrO2/c10-7-3-1-2-6(4-7)8(14)5-17-18(15,16)9(11,12)13;9-7-3-1-2-6(4-7)8(11)5-10/h1-4H,5H2;1-4,10H,5H2. The van der Waals surface area contributed by atoms with Gasteiger partial charge in [0.15, 0.2) is 11.6 Å². The minimum absolute atomic E-state index is 0.0433. The minimum Gasteiger partial charge on any atom is -0.388 e. The fourth-order valence-corrected chi connectivity index (χ4v) is 2.89. The van der Waals surface area contributed by atoms with Crippen molar-refractivity contribution in [2.24, 2.45) is 0 Å². The molecule has 0 atom stereocenters. The monoisotopic (exact) mass is 560 g/mol. The maximum absolute atomic E-state index is 11.9. The van der Waals surface area contributed by atoms with Crippen LogP contribution in [0.15, 0.2) is 57.5 Å². The molecule has 158 valence electrons. The second kappa shape index (κ2) is 11.0. The zero-order valence-electron chi connectivity index (χ0n) is 14.3. The summed E-state index contributed by atoms with van der Waals surface area (Å²) in [6.45, 7) is -1.63. The van der Waals surface area contributed by atoms with E-state index in [2.05, 4.69) is 36.0 Å². The van der Waals surface area contributed by atoms with Crippen molar-refractivity contribution in [2.75, 3.05) is 13.2 Å². The second-order valence-electron chi connectivity index (χ2n) is 5.19. The van der Waals surface area contributed by atoms with Gasteiger partial charge in [-0.1, -0.05) is 56.1 Å². The number of ketones is 2. The maximum atomic E-state index is 11.9. The molecule has 0 bridgehead atoms. The number of aliphatic hydroxyl groups excluding tert-OH is 1. The van der Waals surface area contributed by atoms with E-state index in [9.17, 15) is 31.2 Å². The molecule has 0 aliphatic rings. The Labute approximate surface area is 181 Å². The van der Waals surface area contributed by atoms with E-state index in [4.69, 9.17) is 5.11 Å². The van der Waals surface area contributed by atoms with Crippen molar-refractivity contribution >= 4 is 53.5 Å². The van der Waals surface area contributed by atoms with Crippen molar-refractivity contribution in [3.63, 3.8) is 0 Å². The lowest BCUT2D eigenvalue weighted by molar-refractivity contribution is -0.0536. The van der Waals surface area contributed by atoms with E-state index < -0.39 is 34.6 Å². The molecule has 0 fully saturated rings. The van der Waals surface area contributed by atoms with Gasteiger partial charge in [-0.05, 0) is 24.3 Å². The summed E-state index contributed by atoms with van der Waals surface area (Å²) in [6, 6.07) is 12.7. The molecule has 2 aromatic carbocycles. The molecule has 0 spiro atoms. The van der Waals surface area contributed by atoms with Gasteiger partial charge in [0.25, 0.3) is 0 Å². The summed E-state index contributed by atoms with van der Waals surface area (Å²) in [5.74, 6) is -1.13. The Morgan fingerprint density at radius 2 is 1.38 bits per heavy atom. The van der Waals surface area contributed by atoms with Crippen molar-refractivity contribution in [1.82, 2.24) is 0 Å². The van der Waals surface area contributed by atoms with E-state index >= 15 is 0 Å². The predicted molar refractivity (Wildman–Crippen MR) is 105 cm³/mol. The van der Waals surface area contributed by atoms with Crippen LogP contribution in [0.2, 0.25) is 0 Å². The summed E-state index contributed by atoms with van der Waals surface area (Å²) in [5.41, 5.74) is -4.96. The van der Waals surface area contributed by atoms with E-state index in [1.54, 1.807) is 24.3 Å². The van der Waals surface area contributed by atoms with Crippen LogP contribution < -0.4 is 0 Å². The quantitative estimate of drug-likeness (QED) is 0.324. The number of carbonyl (C=O) groups excluding carboxylic acids is 2. The fraction of sp³-hybridized carbons (Fsp3) is 0.176. The Bertz CT molecular complexity index is 977. The van der Waals surface area contributed by atoms with Gasteiger partial charge in [-0.3, -0.25) is 13.8 Å². The normalized spacial score (nSPS) is 11.4. The van der Waals surface area contributed by atoms with E-state index in [1.165, 1.54) is 18.2 Å². The number of rotatable bonds is 6. The van der Waals surface area contributed by atoms with Gasteiger partial charge in [0.05, 0.1) is 0 Å². The zero-order chi connectivity index (χ0) is 22.2. The van der Waals surface area contributed by atoms with Crippen LogP contribution in [0.1, 0.15) is 20.7 Å². The Morgan fingerprint density at radius 1 is 0.931 bits per heavy atom. The largest absolute Gasteiger partial charge is 0.523 e. The summed E-state index contributed by atoms with van der Waals surface area (Å²) >= 11 is 6.29. The lowest BCUT2D eigenvalue weighted by Crippen LogP contribution is -2.27. The van der Waals surface area contributed by atoms with Gasteiger partial charge in [0.1, 0.15) is 13.2 Å². The molecule has 0 aliphatic carbocycles. The Balaban J connectivity index is 0.000000326. The third-order valence-corrected chi connectivity index (χ3v) is 5.05. The molecule has 0 amide bonds. The molecule has 1 N–H and O–H groups in total. The number of hydrogen-bond acceptors (Lipinski definition) is 6. The van der Waals surface area contributed by atoms with Gasteiger partial charge >= 0.3 is 15.6 Å². The van der Waals surface area contributed by atoms with Gasteiger partial charge < -0.3 is 5.11 Å². The molecule has 0 aromatic heterocycles. The lowest BCUT2D eigenvalue weighted by Gasteiger charge is -2.07. The summed E-state index contributed by atoms with van der Waals surface area (Å²) in [4.78, 5) is 22.3. The van der Waals surface area contributed by atoms with Gasteiger partial charge in [-0.15, -0.1) is 0 Å². The van der Waals surface area contributed by atoms with Crippen LogP contribution in [0.5, 0.6) is 0 Å². The number of Topliss-reactive ketones (excluding diaryl/α,β-unsaturated/α-hetero) is 2. The molecule has 0 aliphatic heterocycles. The average Bonchev–Trinajstić information content (AvgIpc) is 2.65. The van der Waals surface area contributed by atoms with Crippen LogP contribution in [-0.4, -0.2) is 43.8 Å². The highest BCUT2D eigenvalue weighted by Crippen LogP contribution is 2.24. The SMILES string of the molecule is O=C(CO)c1cccc(Br)c1.O=C(COS(=O)(=O)C(F)(F)F)c1cccc(Br)c1. The van der Waals surface area contributed by atoms with Crippen molar-refractivity contribution in [2.45, 2.75) is 5.51 Å². The van der Waals surface area contributed by atoms with Crippen molar-refractivity contribution in [3.05, 3.63) is 68.6 Å². The predicted octanol–water partition coefficient (Wildman–Crippen LogP) is 4.12. The van der Waals surface area contributed by atoms with Crippen LogP contribution in [0, 0.1) is 0 Å². The number of halogens is 5. The number of aliphatic hydroxyl groups is 1. The first kappa shape index (κ1) is 25.4. The first-order valence-electron chi connectivity index (χ1n) is 7.51. The highest BCUT2D eigenvalue weighted by molar-refractivity contribution is 9.10. The maximum Gasteiger partial charge on any atom is 0.523 e. The van der Waals surface area contributed by atoms with Crippen LogP contribution in [0.4, 0.5) is 13.2 Å². The van der Waals surface area contributed by atoms with Crippen molar-refractivity contribution in [1.29, 1.82) is 0 Å². The molecule has 0 unspecified atom stereocenters. The summed E-state index contributed by atoms with van der Waals surface area (Å²) in [6.07, 6.45) is 0. The van der Waals surface area contributed by atoms with E-state index in [0.29, 0.717) is 10.0 Å². The Morgan fingerprint density at radius 3 is 1.76 bits per heavy atom. The van der Waals surface area contributed by atoms with Crippen molar-refractivity contribution in [3.8, 4) is 0 Å². The molecule has 6 nitrogen and oxygen atoms in total. The number of carbonyl (C=O) groups is 2. The van der Waals surface area contributed by atoms with E-state index in [1.807, 2.05) is 6.07 Å². The number of hydrogen-bond donors (Lipinski definition) is 1. The molecule has 0 saturated heterocycles. The molecule has 0 saturated carbocycles. The van der Waals surface area contributed by atoms with Crippen LogP contribution in [-0.2, 0) is 14.3 Å². The Hall–Kier alpha value is -1.60. The molecule has 29 heavy (non-hydrogen) atoms. The van der Waals surface area contributed by atoms with Crippen LogP contribution in [0.3, 0.4) is 0 Å². The van der Waals surface area contributed by atoms with Gasteiger partial charge in [-0.25, -0.2) is 0 Å². The third-order valence-electron chi connectivity index (χ3n) is 3.07. The summed E-state index contributed by atoms with van der Waals surface area (Å²) in [5, 5.41) is 8.51.